The Morgan fingerprint density at radius 1 is 1.15 bits per heavy atom. The molecule has 7 nitrogen and oxygen atoms in total. The van der Waals surface area contributed by atoms with Crippen LogP contribution in [0.2, 0.25) is 0 Å². The Labute approximate surface area is 223 Å². The van der Waals surface area contributed by atoms with Crippen LogP contribution in [0, 0.1) is 12.7 Å². The lowest BCUT2D eigenvalue weighted by Gasteiger charge is -2.26. The van der Waals surface area contributed by atoms with Crippen LogP contribution in [0.15, 0.2) is 59.2 Å². The molecule has 0 bridgehead atoms. The van der Waals surface area contributed by atoms with E-state index in [0.29, 0.717) is 34.8 Å². The van der Waals surface area contributed by atoms with E-state index in [-0.39, 0.29) is 34.2 Å². The molecule has 0 amide bonds. The van der Waals surface area contributed by atoms with Crippen molar-refractivity contribution >= 4 is 28.8 Å². The van der Waals surface area contributed by atoms with E-state index in [1.165, 1.54) is 19.1 Å². The molecule has 0 spiro atoms. The number of aliphatic imine (C=N–C) groups is 1. The number of halogens is 3. The van der Waals surface area contributed by atoms with Gasteiger partial charge in [-0.15, -0.1) is 0 Å². The lowest BCUT2D eigenvalue weighted by Crippen LogP contribution is -2.17. The number of alkyl halides is 2. The number of rotatable bonds is 9. The minimum Gasteiger partial charge on any atom is -0.478 e. The number of aryl methyl sites for hydroxylation is 1. The molecular weight excluding hydrogens is 509 g/mol. The maximum absolute atomic E-state index is 14.6. The van der Waals surface area contributed by atoms with Gasteiger partial charge in [-0.1, -0.05) is 18.2 Å². The van der Waals surface area contributed by atoms with Gasteiger partial charge in [0.2, 0.25) is 0 Å². The molecule has 2 aromatic carbocycles. The monoisotopic (exact) mass is 536 g/mol. The highest BCUT2D eigenvalue weighted by Crippen LogP contribution is 2.39. The highest BCUT2D eigenvalue weighted by Gasteiger charge is 2.27. The van der Waals surface area contributed by atoms with Crippen molar-refractivity contribution in [1.82, 2.24) is 9.97 Å². The summed E-state index contributed by atoms with van der Waals surface area (Å²) in [5.74, 6) is -2.21. The molecule has 4 rings (SSSR count). The topological polar surface area (TPSA) is 105 Å². The summed E-state index contributed by atoms with van der Waals surface area (Å²) in [6.45, 7) is 6.47. The number of para-hydroxylation sites is 1. The minimum absolute atomic E-state index is 0.0550. The van der Waals surface area contributed by atoms with E-state index in [1.54, 1.807) is 39.0 Å². The highest BCUT2D eigenvalue weighted by atomic mass is 19.3. The Bertz CT molecular complexity index is 1520. The number of anilines is 1. The van der Waals surface area contributed by atoms with Crippen molar-refractivity contribution in [3.8, 4) is 0 Å². The van der Waals surface area contributed by atoms with Crippen LogP contribution in [-0.4, -0.2) is 32.5 Å². The first-order chi connectivity index (χ1) is 18.5. The number of hydrogen-bond acceptors (Lipinski definition) is 6. The van der Waals surface area contributed by atoms with Gasteiger partial charge in [0.05, 0.1) is 34.9 Å². The fraction of sp³-hybridized carbons (Fsp3) is 0.276. The quantitative estimate of drug-likeness (QED) is 0.222. The van der Waals surface area contributed by atoms with Gasteiger partial charge in [-0.2, -0.15) is 0 Å². The van der Waals surface area contributed by atoms with E-state index >= 15 is 0 Å². The maximum Gasteiger partial charge on any atom is 0.337 e. The van der Waals surface area contributed by atoms with Crippen molar-refractivity contribution in [2.24, 2.45) is 4.99 Å². The molecule has 3 aromatic rings. The summed E-state index contributed by atoms with van der Waals surface area (Å²) >= 11 is 0. The number of aromatic carboxylic acids is 1. The average Bonchev–Trinajstić information content (AvgIpc) is 2.84. The molecular formula is C29H27F3N4O3. The predicted molar refractivity (Wildman–Crippen MR) is 142 cm³/mol. The van der Waals surface area contributed by atoms with Gasteiger partial charge in [-0.05, 0) is 64.0 Å². The van der Waals surface area contributed by atoms with Crippen LogP contribution in [0.1, 0.15) is 88.9 Å². The third kappa shape index (κ3) is 5.89. The standard InChI is InChI=1S/C29H27F3N4O3/c1-14(18-9-19(10-18)26-16(3)35-25(13-33-26)28(31)32)36-27-22(11-20(30)12-23(27)17(4)37)15(2)34-24-8-6-5-7-21(24)29(38)39/h5-9,11-13,15,19,28,34H,10H2,1-4H3,(H,38,39). The third-order valence-corrected chi connectivity index (χ3v) is 6.64. The van der Waals surface area contributed by atoms with Gasteiger partial charge in [0, 0.05) is 28.4 Å². The molecule has 0 radical (unpaired) electrons. The number of nitrogens with one attached hydrogen (secondary N) is 1. The number of Topliss-reactive ketones (excluding diaryl/α,β-unsaturated/α-hetero) is 1. The number of carboxylic acids is 1. The smallest absolute Gasteiger partial charge is 0.337 e. The van der Waals surface area contributed by atoms with Gasteiger partial charge < -0.3 is 10.4 Å². The normalized spacial score (nSPS) is 15.9. The summed E-state index contributed by atoms with van der Waals surface area (Å²) in [6, 6.07) is 8.17. The Morgan fingerprint density at radius 2 is 1.85 bits per heavy atom. The number of benzene rings is 2. The Hall–Kier alpha value is -4.34. The molecule has 0 saturated carbocycles. The summed E-state index contributed by atoms with van der Waals surface area (Å²) in [7, 11) is 0. The molecule has 2 unspecified atom stereocenters. The molecule has 1 aliphatic rings. The molecule has 1 aromatic heterocycles. The molecule has 1 aliphatic carbocycles. The molecule has 0 saturated heterocycles. The predicted octanol–water partition coefficient (Wildman–Crippen LogP) is 7.14. The number of carbonyl (C=O) groups is 2. The van der Waals surface area contributed by atoms with Crippen LogP contribution in [0.25, 0.3) is 0 Å². The second-order valence-electron chi connectivity index (χ2n) is 9.43. The Kier molecular flexibility index (Phi) is 7.94. The van der Waals surface area contributed by atoms with Crippen LogP contribution in [0.5, 0.6) is 0 Å². The van der Waals surface area contributed by atoms with Gasteiger partial charge in [0.15, 0.2) is 5.78 Å². The summed E-state index contributed by atoms with van der Waals surface area (Å²) < 4.78 is 40.5. The second-order valence-corrected chi connectivity index (χ2v) is 9.43. The van der Waals surface area contributed by atoms with E-state index in [0.717, 1.165) is 17.8 Å². The van der Waals surface area contributed by atoms with Crippen molar-refractivity contribution in [2.75, 3.05) is 5.32 Å². The van der Waals surface area contributed by atoms with Crippen LogP contribution >= 0.6 is 0 Å². The molecule has 2 atom stereocenters. The van der Waals surface area contributed by atoms with Crippen molar-refractivity contribution in [1.29, 1.82) is 0 Å². The van der Waals surface area contributed by atoms with Gasteiger partial charge in [-0.25, -0.2) is 22.9 Å². The zero-order chi connectivity index (χ0) is 28.4. The van der Waals surface area contributed by atoms with Gasteiger partial charge in [0.25, 0.3) is 6.43 Å². The van der Waals surface area contributed by atoms with Gasteiger partial charge in [0.1, 0.15) is 11.5 Å². The van der Waals surface area contributed by atoms with Crippen LogP contribution in [0.3, 0.4) is 0 Å². The van der Waals surface area contributed by atoms with E-state index < -0.39 is 24.3 Å². The van der Waals surface area contributed by atoms with E-state index in [9.17, 15) is 27.9 Å². The van der Waals surface area contributed by atoms with Crippen LogP contribution in [0.4, 0.5) is 24.5 Å². The zero-order valence-electron chi connectivity index (χ0n) is 21.8. The Balaban J connectivity index is 1.68. The zero-order valence-corrected chi connectivity index (χ0v) is 21.8. The van der Waals surface area contributed by atoms with E-state index in [2.05, 4.69) is 15.3 Å². The van der Waals surface area contributed by atoms with Gasteiger partial charge >= 0.3 is 5.97 Å². The molecule has 2 N–H and O–H groups in total. The SMILES string of the molecule is CC(=O)c1cc(F)cc(C(C)Nc2ccccc2C(=O)O)c1N=C(C)C1=CC(c2ncc(C(F)F)nc2C)C1. The second kappa shape index (κ2) is 11.2. The summed E-state index contributed by atoms with van der Waals surface area (Å²) in [5.41, 5.74) is 3.33. The van der Waals surface area contributed by atoms with Crippen LogP contribution < -0.4 is 5.32 Å². The Morgan fingerprint density at radius 3 is 2.46 bits per heavy atom. The first kappa shape index (κ1) is 27.7. The number of carbonyl (C=O) groups excluding carboxylic acids is 1. The lowest BCUT2D eigenvalue weighted by atomic mass is 9.81. The summed E-state index contributed by atoms with van der Waals surface area (Å²) in [5, 5.41) is 12.6. The molecule has 39 heavy (non-hydrogen) atoms. The average molecular weight is 537 g/mol. The first-order valence-electron chi connectivity index (χ1n) is 12.3. The van der Waals surface area contributed by atoms with E-state index in [4.69, 9.17) is 4.99 Å². The molecule has 202 valence electrons. The first-order valence-corrected chi connectivity index (χ1v) is 12.3. The van der Waals surface area contributed by atoms with Crippen molar-refractivity contribution < 1.29 is 27.9 Å². The third-order valence-electron chi connectivity index (χ3n) is 6.64. The highest BCUT2D eigenvalue weighted by molar-refractivity contribution is 6.05. The number of carboxylic acid groups (broad SMARTS) is 1. The van der Waals surface area contributed by atoms with Crippen molar-refractivity contribution in [3.05, 3.63) is 93.8 Å². The number of nitrogens with zero attached hydrogens (tertiary/aromatic N) is 3. The number of hydrogen-bond donors (Lipinski definition) is 2. The van der Waals surface area contributed by atoms with Gasteiger partial charge in [-0.3, -0.25) is 14.8 Å². The number of aromatic nitrogens is 2. The minimum atomic E-state index is -2.69. The van der Waals surface area contributed by atoms with Crippen molar-refractivity contribution in [3.63, 3.8) is 0 Å². The number of ketones is 1. The maximum atomic E-state index is 14.6. The molecule has 1 heterocycles. The number of allylic oxidation sites excluding steroid dienone is 2. The summed E-state index contributed by atoms with van der Waals surface area (Å²) in [6.07, 6.45) is 0.854. The molecule has 0 aliphatic heterocycles. The molecule has 0 fully saturated rings. The lowest BCUT2D eigenvalue weighted by molar-refractivity contribution is 0.0697. The fourth-order valence-electron chi connectivity index (χ4n) is 4.56. The molecule has 10 heteroatoms. The van der Waals surface area contributed by atoms with Crippen molar-refractivity contribution in [2.45, 2.75) is 52.5 Å². The van der Waals surface area contributed by atoms with E-state index in [1.807, 2.05) is 6.08 Å². The summed E-state index contributed by atoms with van der Waals surface area (Å²) in [4.78, 5) is 37.0. The largest absolute Gasteiger partial charge is 0.478 e. The fourth-order valence-corrected chi connectivity index (χ4v) is 4.56. The van der Waals surface area contributed by atoms with Crippen LogP contribution in [-0.2, 0) is 0 Å².